The van der Waals surface area contributed by atoms with Crippen molar-refractivity contribution < 1.29 is 19.0 Å². The van der Waals surface area contributed by atoms with E-state index in [1.807, 2.05) is 0 Å². The molecule has 6 aliphatic carbocycles. The molecule has 5 saturated carbocycles. The van der Waals surface area contributed by atoms with Crippen molar-refractivity contribution in [3.05, 3.63) is 12.2 Å². The first-order valence-corrected chi connectivity index (χ1v) is 11.9. The highest BCUT2D eigenvalue weighted by atomic mass is 16.8. The topological polar surface area (TPSA) is 44.8 Å². The minimum atomic E-state index is -0.489. The monoisotopic (exact) mass is 384 g/mol. The molecule has 13 atom stereocenters. The van der Waals surface area contributed by atoms with Gasteiger partial charge in [0.2, 0.25) is 6.29 Å². The summed E-state index contributed by atoms with van der Waals surface area (Å²) < 4.78 is 17.1. The molecule has 152 valence electrons. The van der Waals surface area contributed by atoms with Crippen molar-refractivity contribution in [3.63, 3.8) is 0 Å². The average Bonchev–Trinajstić information content (AvgIpc) is 3.50. The van der Waals surface area contributed by atoms with Gasteiger partial charge in [-0.05, 0) is 91.3 Å². The van der Waals surface area contributed by atoms with Crippen LogP contribution in [-0.4, -0.2) is 25.2 Å². The van der Waals surface area contributed by atoms with Gasteiger partial charge in [-0.3, -0.25) is 0 Å². The smallest absolute Gasteiger partial charge is 0.430 e. The Labute approximate surface area is 167 Å². The average molecular weight is 385 g/mol. The second kappa shape index (κ2) is 5.77. The molecular weight excluding hydrogens is 352 g/mol. The number of hydrogen-bond acceptors (Lipinski definition) is 4. The summed E-state index contributed by atoms with van der Waals surface area (Å²) >= 11 is 0. The zero-order valence-electron chi connectivity index (χ0n) is 16.7. The van der Waals surface area contributed by atoms with E-state index in [9.17, 15) is 4.79 Å². The van der Waals surface area contributed by atoms with Crippen LogP contribution in [0.25, 0.3) is 0 Å². The molecule has 1 aliphatic heterocycles. The van der Waals surface area contributed by atoms with Crippen LogP contribution in [0.2, 0.25) is 0 Å². The molecule has 1 saturated heterocycles. The molecule has 0 aromatic rings. The Bertz CT molecular complexity index is 711. The normalized spacial score (nSPS) is 59.5. The largest absolute Gasteiger partial charge is 0.510 e. The van der Waals surface area contributed by atoms with Gasteiger partial charge in [0, 0.05) is 12.3 Å². The molecule has 28 heavy (non-hydrogen) atoms. The molecule has 0 N–H and O–H groups in total. The number of ether oxygens (including phenoxy) is 3. The van der Waals surface area contributed by atoms with E-state index in [2.05, 4.69) is 19.1 Å². The second-order valence-corrected chi connectivity index (χ2v) is 11.0. The van der Waals surface area contributed by atoms with Gasteiger partial charge in [-0.15, -0.1) is 0 Å². The summed E-state index contributed by atoms with van der Waals surface area (Å²) in [6, 6.07) is 0. The molecule has 6 bridgehead atoms. The van der Waals surface area contributed by atoms with Crippen LogP contribution in [0.1, 0.15) is 45.4 Å². The quantitative estimate of drug-likeness (QED) is 0.395. The molecule has 0 radical (unpaired) electrons. The predicted molar refractivity (Wildman–Crippen MR) is 102 cm³/mol. The van der Waals surface area contributed by atoms with E-state index < -0.39 is 12.4 Å². The van der Waals surface area contributed by atoms with Gasteiger partial charge >= 0.3 is 6.16 Å². The fourth-order valence-electron chi connectivity index (χ4n) is 9.76. The first-order valence-electron chi connectivity index (χ1n) is 11.9. The standard InChI is InChI=1S/C24H32O4/c1-11-14-9-17(23(11)28-24(25)27-18-4-2-3-7-26-18)22-16-10-15(21(14)22)19-12-5-6-13(8-12)20(16)19/h5-6,11-23H,2-4,7-10H2,1H3. The number of carbonyl (C=O) groups excluding carboxylic acids is 1. The van der Waals surface area contributed by atoms with Crippen molar-refractivity contribution >= 4 is 6.16 Å². The van der Waals surface area contributed by atoms with Gasteiger partial charge in [-0.25, -0.2) is 4.79 Å². The summed E-state index contributed by atoms with van der Waals surface area (Å²) in [5.74, 6) is 9.07. The number of carbonyl (C=O) groups is 1. The van der Waals surface area contributed by atoms with Crippen molar-refractivity contribution in [3.8, 4) is 0 Å². The van der Waals surface area contributed by atoms with Crippen molar-refractivity contribution in [2.45, 2.75) is 57.8 Å². The molecule has 6 fully saturated rings. The van der Waals surface area contributed by atoms with Crippen LogP contribution < -0.4 is 0 Å². The van der Waals surface area contributed by atoms with Gasteiger partial charge in [0.25, 0.3) is 0 Å². The lowest BCUT2D eigenvalue weighted by molar-refractivity contribution is -0.154. The molecule has 0 aromatic carbocycles. The van der Waals surface area contributed by atoms with Crippen molar-refractivity contribution in [2.75, 3.05) is 6.61 Å². The van der Waals surface area contributed by atoms with Gasteiger partial charge < -0.3 is 14.2 Å². The molecule has 0 spiro atoms. The summed E-state index contributed by atoms with van der Waals surface area (Å²) in [5.41, 5.74) is 0. The molecule has 7 rings (SSSR count). The van der Waals surface area contributed by atoms with Crippen LogP contribution in [0.15, 0.2) is 12.2 Å². The van der Waals surface area contributed by atoms with E-state index >= 15 is 0 Å². The maximum absolute atomic E-state index is 12.5. The summed E-state index contributed by atoms with van der Waals surface area (Å²) in [5, 5.41) is 0. The Hall–Kier alpha value is -1.03. The molecular formula is C24H32O4. The molecule has 0 aromatic heterocycles. The van der Waals surface area contributed by atoms with E-state index in [1.54, 1.807) is 0 Å². The minimum Gasteiger partial charge on any atom is -0.430 e. The van der Waals surface area contributed by atoms with E-state index in [-0.39, 0.29) is 6.10 Å². The third-order valence-electron chi connectivity index (χ3n) is 10.3. The Morgan fingerprint density at radius 1 is 0.857 bits per heavy atom. The van der Waals surface area contributed by atoms with Crippen molar-refractivity contribution in [1.82, 2.24) is 0 Å². The Morgan fingerprint density at radius 2 is 1.57 bits per heavy atom. The number of fused-ring (bicyclic) bond motifs is 16. The summed E-state index contributed by atoms with van der Waals surface area (Å²) in [4.78, 5) is 12.5. The first-order chi connectivity index (χ1) is 13.7. The van der Waals surface area contributed by atoms with Crippen molar-refractivity contribution in [2.24, 2.45) is 65.1 Å². The summed E-state index contributed by atoms with van der Waals surface area (Å²) in [6.07, 6.45) is 11.4. The highest BCUT2D eigenvalue weighted by Crippen LogP contribution is 2.76. The number of rotatable bonds is 2. The Balaban J connectivity index is 1.09. The second-order valence-electron chi connectivity index (χ2n) is 11.0. The predicted octanol–water partition coefficient (Wildman–Crippen LogP) is 4.64. The van der Waals surface area contributed by atoms with Crippen LogP contribution >= 0.6 is 0 Å². The third-order valence-corrected chi connectivity index (χ3v) is 10.3. The summed E-state index contributed by atoms with van der Waals surface area (Å²) in [6.45, 7) is 3.02. The van der Waals surface area contributed by atoms with Gasteiger partial charge in [-0.1, -0.05) is 19.1 Å². The van der Waals surface area contributed by atoms with Gasteiger partial charge in [0.1, 0.15) is 6.10 Å². The first kappa shape index (κ1) is 16.7. The van der Waals surface area contributed by atoms with E-state index in [0.717, 1.165) is 72.5 Å². The fraction of sp³-hybridized carbons (Fsp3) is 0.875. The van der Waals surface area contributed by atoms with Gasteiger partial charge in [-0.2, -0.15) is 0 Å². The van der Waals surface area contributed by atoms with E-state index in [0.29, 0.717) is 18.4 Å². The maximum atomic E-state index is 12.5. The zero-order chi connectivity index (χ0) is 18.6. The molecule has 4 heteroatoms. The highest BCUT2D eigenvalue weighted by molar-refractivity contribution is 5.60. The Kier molecular flexibility index (Phi) is 3.45. The zero-order valence-corrected chi connectivity index (χ0v) is 16.7. The van der Waals surface area contributed by atoms with Crippen LogP contribution in [0.5, 0.6) is 0 Å². The lowest BCUT2D eigenvalue weighted by atomic mass is 9.59. The minimum absolute atomic E-state index is 0.0641. The lowest BCUT2D eigenvalue weighted by Crippen LogP contribution is -2.47. The summed E-state index contributed by atoms with van der Waals surface area (Å²) in [7, 11) is 0. The molecule has 1 heterocycles. The van der Waals surface area contributed by atoms with E-state index in [1.165, 1.54) is 19.3 Å². The van der Waals surface area contributed by atoms with Crippen molar-refractivity contribution in [1.29, 1.82) is 0 Å². The van der Waals surface area contributed by atoms with Crippen LogP contribution in [-0.2, 0) is 14.2 Å². The molecule has 0 amide bonds. The third kappa shape index (κ3) is 2.03. The van der Waals surface area contributed by atoms with Crippen LogP contribution in [0.4, 0.5) is 4.79 Å². The maximum Gasteiger partial charge on any atom is 0.510 e. The van der Waals surface area contributed by atoms with Crippen LogP contribution in [0, 0.1) is 65.1 Å². The molecule has 13 unspecified atom stereocenters. The van der Waals surface area contributed by atoms with Crippen LogP contribution in [0.3, 0.4) is 0 Å². The number of allylic oxidation sites excluding steroid dienone is 2. The van der Waals surface area contributed by atoms with E-state index in [4.69, 9.17) is 14.2 Å². The molecule has 4 nitrogen and oxygen atoms in total. The fourth-order valence-corrected chi connectivity index (χ4v) is 9.76. The highest BCUT2D eigenvalue weighted by Gasteiger charge is 2.72. The Morgan fingerprint density at radius 3 is 2.29 bits per heavy atom. The number of hydrogen-bond donors (Lipinski definition) is 0. The van der Waals surface area contributed by atoms with Gasteiger partial charge in [0.15, 0.2) is 0 Å². The van der Waals surface area contributed by atoms with Gasteiger partial charge in [0.05, 0.1) is 6.61 Å². The SMILES string of the molecule is CC1C2CC(C1OC(=O)OC1CCCCO1)C1C3CC(C4C5C=CC(C5)C34)C21. The molecule has 7 aliphatic rings. The lowest BCUT2D eigenvalue weighted by Gasteiger charge is -2.47.